The van der Waals surface area contributed by atoms with E-state index in [-0.39, 0.29) is 11.9 Å². The van der Waals surface area contributed by atoms with Gasteiger partial charge in [0.2, 0.25) is 15.9 Å². The summed E-state index contributed by atoms with van der Waals surface area (Å²) in [6.07, 6.45) is 2.17. The maximum Gasteiger partial charge on any atom is 0.244 e. The first-order valence-electron chi connectivity index (χ1n) is 10.5. The van der Waals surface area contributed by atoms with Gasteiger partial charge in [-0.3, -0.25) is 9.10 Å². The number of nitrogens with zero attached hydrogens (tertiary/aromatic N) is 1. The van der Waals surface area contributed by atoms with E-state index in [9.17, 15) is 13.2 Å². The summed E-state index contributed by atoms with van der Waals surface area (Å²) in [6, 6.07) is 10.2. The quantitative estimate of drug-likeness (QED) is 0.618. The van der Waals surface area contributed by atoms with E-state index in [4.69, 9.17) is 4.74 Å². The zero-order valence-electron chi connectivity index (χ0n) is 19.5. The molecule has 31 heavy (non-hydrogen) atoms. The molecule has 0 saturated heterocycles. The van der Waals surface area contributed by atoms with Gasteiger partial charge in [0.25, 0.3) is 0 Å². The number of anilines is 1. The van der Waals surface area contributed by atoms with E-state index in [0.29, 0.717) is 18.5 Å². The highest BCUT2D eigenvalue weighted by Gasteiger charge is 2.32. The zero-order valence-corrected chi connectivity index (χ0v) is 20.3. The predicted molar refractivity (Wildman–Crippen MR) is 126 cm³/mol. The summed E-state index contributed by atoms with van der Waals surface area (Å²) in [6.45, 7) is 9.66. The van der Waals surface area contributed by atoms with Crippen molar-refractivity contribution in [2.45, 2.75) is 59.5 Å². The van der Waals surface area contributed by atoms with Crippen LogP contribution in [0.3, 0.4) is 0 Å². The van der Waals surface area contributed by atoms with Crippen LogP contribution in [0.2, 0.25) is 0 Å². The molecule has 2 atom stereocenters. The fraction of sp³-hybridized carbons (Fsp3) is 0.458. The molecular formula is C24H34N2O4S. The molecule has 0 aliphatic carbocycles. The highest BCUT2D eigenvalue weighted by Crippen LogP contribution is 2.27. The normalized spacial score (nSPS) is 13.4. The number of hydrogen-bond donors (Lipinski definition) is 1. The molecule has 0 aromatic heterocycles. The highest BCUT2D eigenvalue weighted by molar-refractivity contribution is 7.92. The molecule has 0 bridgehead atoms. The minimum atomic E-state index is -3.67. The summed E-state index contributed by atoms with van der Waals surface area (Å²) in [5.41, 5.74) is 4.48. The smallest absolute Gasteiger partial charge is 0.244 e. The van der Waals surface area contributed by atoms with E-state index in [1.54, 1.807) is 13.2 Å². The van der Waals surface area contributed by atoms with Crippen LogP contribution in [0, 0.1) is 20.8 Å². The number of hydrogen-bond acceptors (Lipinski definition) is 4. The molecule has 0 aliphatic rings. The van der Waals surface area contributed by atoms with E-state index in [0.717, 1.165) is 34.3 Å². The van der Waals surface area contributed by atoms with Crippen LogP contribution >= 0.6 is 0 Å². The molecule has 0 radical (unpaired) electrons. The molecule has 0 aliphatic heterocycles. The molecule has 1 N–H and O–H groups in total. The van der Waals surface area contributed by atoms with Crippen molar-refractivity contribution in [2.75, 3.05) is 17.7 Å². The van der Waals surface area contributed by atoms with Crippen molar-refractivity contribution in [3.8, 4) is 5.75 Å². The van der Waals surface area contributed by atoms with Crippen molar-refractivity contribution in [1.82, 2.24) is 5.32 Å². The van der Waals surface area contributed by atoms with Gasteiger partial charge in [-0.05, 0) is 74.1 Å². The first kappa shape index (κ1) is 24.7. The molecular weight excluding hydrogens is 412 g/mol. The van der Waals surface area contributed by atoms with Crippen LogP contribution in [0.5, 0.6) is 5.75 Å². The third kappa shape index (κ3) is 5.79. The molecule has 1 amide bonds. The molecule has 0 spiro atoms. The molecule has 2 rings (SSSR count). The van der Waals surface area contributed by atoms with Crippen LogP contribution in [0.25, 0.3) is 0 Å². The Labute approximate surface area is 186 Å². The number of aryl methyl sites for hydroxylation is 3. The average Bonchev–Trinajstić information content (AvgIpc) is 2.71. The Hall–Kier alpha value is -2.54. The minimum absolute atomic E-state index is 0.229. The topological polar surface area (TPSA) is 75.7 Å². The van der Waals surface area contributed by atoms with E-state index in [2.05, 4.69) is 5.32 Å². The Bertz CT molecular complexity index is 1030. The van der Waals surface area contributed by atoms with E-state index < -0.39 is 16.1 Å². The Kier molecular flexibility index (Phi) is 8.12. The van der Waals surface area contributed by atoms with Crippen LogP contribution in [-0.2, 0) is 14.8 Å². The van der Waals surface area contributed by atoms with E-state index in [1.165, 1.54) is 4.31 Å². The lowest BCUT2D eigenvalue weighted by Crippen LogP contribution is -2.50. The van der Waals surface area contributed by atoms with E-state index in [1.807, 2.05) is 65.0 Å². The number of nitrogens with one attached hydrogen (secondary N) is 1. The van der Waals surface area contributed by atoms with E-state index >= 15 is 0 Å². The lowest BCUT2D eigenvalue weighted by molar-refractivity contribution is -0.123. The van der Waals surface area contributed by atoms with Gasteiger partial charge in [0, 0.05) is 0 Å². The Morgan fingerprint density at radius 1 is 1.00 bits per heavy atom. The summed E-state index contributed by atoms with van der Waals surface area (Å²) in [4.78, 5) is 13.3. The van der Waals surface area contributed by atoms with Crippen LogP contribution in [0.4, 0.5) is 5.69 Å². The summed E-state index contributed by atoms with van der Waals surface area (Å²) in [5, 5.41) is 3.06. The van der Waals surface area contributed by atoms with Crippen molar-refractivity contribution in [2.24, 2.45) is 0 Å². The third-order valence-electron chi connectivity index (χ3n) is 5.62. The first-order valence-corrected chi connectivity index (χ1v) is 12.4. The lowest BCUT2D eigenvalue weighted by Gasteiger charge is -2.32. The molecule has 2 aromatic carbocycles. The number of carbonyl (C=O) groups excluding carboxylic acids is 1. The standard InChI is InChI=1S/C24H34N2O4S/c1-8-21(19-11-13-23(30-6)18(5)14-19)25-24(27)22(9-2)26(31(7,28)29)20-12-10-16(3)17(4)15-20/h10-15,21-22H,8-9H2,1-7H3,(H,25,27)/t21-,22+/m1/s1. The average molecular weight is 447 g/mol. The van der Waals surface area contributed by atoms with Crippen molar-refractivity contribution < 1.29 is 17.9 Å². The molecule has 0 unspecified atom stereocenters. The van der Waals surface area contributed by atoms with Crippen molar-refractivity contribution in [1.29, 1.82) is 0 Å². The predicted octanol–water partition coefficient (Wildman–Crippen LogP) is 4.43. The first-order chi connectivity index (χ1) is 14.5. The van der Waals surface area contributed by atoms with Crippen molar-refractivity contribution >= 4 is 21.6 Å². The van der Waals surface area contributed by atoms with Crippen LogP contribution in [-0.4, -0.2) is 33.7 Å². The number of amides is 1. The monoisotopic (exact) mass is 446 g/mol. The van der Waals surface area contributed by atoms with Crippen molar-refractivity contribution in [3.05, 3.63) is 58.7 Å². The number of methoxy groups -OCH3 is 1. The second kappa shape index (κ2) is 10.2. The number of sulfonamides is 1. The third-order valence-corrected chi connectivity index (χ3v) is 6.80. The molecule has 0 heterocycles. The van der Waals surface area contributed by atoms with Crippen LogP contribution < -0.4 is 14.4 Å². The molecule has 0 fully saturated rings. The Morgan fingerprint density at radius 3 is 2.16 bits per heavy atom. The van der Waals surface area contributed by atoms with Gasteiger partial charge in [-0.15, -0.1) is 0 Å². The lowest BCUT2D eigenvalue weighted by atomic mass is 10.0. The summed E-state index contributed by atoms with van der Waals surface area (Å²) < 4.78 is 32.0. The number of carbonyl (C=O) groups is 1. The van der Waals surface area contributed by atoms with Crippen molar-refractivity contribution in [3.63, 3.8) is 0 Å². The fourth-order valence-corrected chi connectivity index (χ4v) is 4.93. The molecule has 6 nitrogen and oxygen atoms in total. The maximum atomic E-state index is 13.3. The fourth-order valence-electron chi connectivity index (χ4n) is 3.73. The maximum absolute atomic E-state index is 13.3. The number of ether oxygens (including phenoxy) is 1. The number of benzene rings is 2. The van der Waals surface area contributed by atoms with Gasteiger partial charge in [0.1, 0.15) is 11.8 Å². The van der Waals surface area contributed by atoms with Crippen LogP contribution in [0.1, 0.15) is 55.0 Å². The second-order valence-electron chi connectivity index (χ2n) is 7.95. The summed E-state index contributed by atoms with van der Waals surface area (Å²) >= 11 is 0. The van der Waals surface area contributed by atoms with Gasteiger partial charge in [0.05, 0.1) is 25.1 Å². The Balaban J connectivity index is 2.38. The number of rotatable bonds is 9. The molecule has 0 saturated carbocycles. The Morgan fingerprint density at radius 2 is 1.68 bits per heavy atom. The van der Waals surface area contributed by atoms with Gasteiger partial charge in [-0.1, -0.05) is 32.0 Å². The van der Waals surface area contributed by atoms with Gasteiger partial charge in [-0.25, -0.2) is 8.42 Å². The van der Waals surface area contributed by atoms with Gasteiger partial charge < -0.3 is 10.1 Å². The summed E-state index contributed by atoms with van der Waals surface area (Å²) in [5.74, 6) is 0.473. The second-order valence-corrected chi connectivity index (χ2v) is 9.81. The molecule has 2 aromatic rings. The largest absolute Gasteiger partial charge is 0.496 e. The molecule has 170 valence electrons. The summed E-state index contributed by atoms with van der Waals surface area (Å²) in [7, 11) is -2.05. The minimum Gasteiger partial charge on any atom is -0.496 e. The SMILES string of the molecule is CC[C@@H](NC(=O)[C@H](CC)N(c1ccc(C)c(C)c1)S(C)(=O)=O)c1ccc(OC)c(C)c1. The van der Waals surface area contributed by atoms with Gasteiger partial charge >= 0.3 is 0 Å². The van der Waals surface area contributed by atoms with Gasteiger partial charge in [0.15, 0.2) is 0 Å². The van der Waals surface area contributed by atoms with Gasteiger partial charge in [-0.2, -0.15) is 0 Å². The highest BCUT2D eigenvalue weighted by atomic mass is 32.2. The zero-order chi connectivity index (χ0) is 23.3. The molecule has 7 heteroatoms. The van der Waals surface area contributed by atoms with Crippen LogP contribution in [0.15, 0.2) is 36.4 Å².